The van der Waals surface area contributed by atoms with Crippen LogP contribution in [0.15, 0.2) is 0 Å². The van der Waals surface area contributed by atoms with Crippen LogP contribution in [0.4, 0.5) is 4.79 Å². The number of ether oxygens (including phenoxy) is 1. The highest BCUT2D eigenvalue weighted by Crippen LogP contribution is 2.11. The maximum atomic E-state index is 11.2. The van der Waals surface area contributed by atoms with E-state index in [0.717, 1.165) is 19.5 Å². The van der Waals surface area contributed by atoms with Crippen molar-refractivity contribution in [1.82, 2.24) is 10.2 Å². The van der Waals surface area contributed by atoms with Crippen molar-refractivity contribution < 1.29 is 9.53 Å². The van der Waals surface area contributed by atoms with Crippen LogP contribution in [-0.4, -0.2) is 44.3 Å². The van der Waals surface area contributed by atoms with Crippen molar-refractivity contribution >= 4 is 6.09 Å². The SMILES string of the molecule is CCN(C)C(=O)OCCC1CCNC1. The van der Waals surface area contributed by atoms with Crippen LogP contribution < -0.4 is 5.32 Å². The molecule has 1 amide bonds. The number of hydrogen-bond donors (Lipinski definition) is 1. The molecule has 1 unspecified atom stereocenters. The molecule has 1 rings (SSSR count). The summed E-state index contributed by atoms with van der Waals surface area (Å²) in [5.74, 6) is 0.690. The van der Waals surface area contributed by atoms with Crippen molar-refractivity contribution in [2.45, 2.75) is 19.8 Å². The van der Waals surface area contributed by atoms with Crippen molar-refractivity contribution in [3.05, 3.63) is 0 Å². The Morgan fingerprint density at radius 2 is 2.43 bits per heavy atom. The van der Waals surface area contributed by atoms with Gasteiger partial charge in [0.1, 0.15) is 0 Å². The highest BCUT2D eigenvalue weighted by Gasteiger charge is 2.15. The largest absolute Gasteiger partial charge is 0.449 e. The Bertz CT molecular complexity index is 179. The summed E-state index contributed by atoms with van der Waals surface area (Å²) in [4.78, 5) is 12.8. The van der Waals surface area contributed by atoms with Crippen molar-refractivity contribution in [3.63, 3.8) is 0 Å². The van der Waals surface area contributed by atoms with Gasteiger partial charge in [-0.15, -0.1) is 0 Å². The fraction of sp³-hybridized carbons (Fsp3) is 0.900. The van der Waals surface area contributed by atoms with Gasteiger partial charge in [0.15, 0.2) is 0 Å². The van der Waals surface area contributed by atoms with Gasteiger partial charge in [0.25, 0.3) is 0 Å². The van der Waals surface area contributed by atoms with Crippen molar-refractivity contribution in [1.29, 1.82) is 0 Å². The Kier molecular flexibility index (Phi) is 4.73. The molecule has 0 radical (unpaired) electrons. The van der Waals surface area contributed by atoms with Crippen LogP contribution in [0.2, 0.25) is 0 Å². The standard InChI is InChI=1S/C10H20N2O2/c1-3-12(2)10(13)14-7-5-9-4-6-11-8-9/h9,11H,3-8H2,1-2H3. The molecular formula is C10H20N2O2. The molecule has 1 atom stereocenters. The zero-order chi connectivity index (χ0) is 10.4. The van der Waals surface area contributed by atoms with Crippen LogP contribution in [0, 0.1) is 5.92 Å². The highest BCUT2D eigenvalue weighted by molar-refractivity contribution is 5.67. The number of carbonyl (C=O) groups excluding carboxylic acids is 1. The Labute approximate surface area is 85.6 Å². The lowest BCUT2D eigenvalue weighted by atomic mass is 10.1. The van der Waals surface area contributed by atoms with Gasteiger partial charge in [0.2, 0.25) is 0 Å². The predicted molar refractivity (Wildman–Crippen MR) is 55.2 cm³/mol. The van der Waals surface area contributed by atoms with Crippen LogP contribution in [0.1, 0.15) is 19.8 Å². The molecule has 0 aromatic rings. The minimum absolute atomic E-state index is 0.210. The number of nitrogens with zero attached hydrogens (tertiary/aromatic N) is 1. The van der Waals surface area contributed by atoms with Crippen molar-refractivity contribution in [2.24, 2.45) is 5.92 Å². The molecular weight excluding hydrogens is 180 g/mol. The number of nitrogens with one attached hydrogen (secondary N) is 1. The first-order valence-electron chi connectivity index (χ1n) is 5.32. The Morgan fingerprint density at radius 3 is 3.00 bits per heavy atom. The van der Waals surface area contributed by atoms with Crippen LogP contribution >= 0.6 is 0 Å². The van der Waals surface area contributed by atoms with E-state index in [1.165, 1.54) is 6.42 Å². The minimum Gasteiger partial charge on any atom is -0.449 e. The molecule has 0 aromatic carbocycles. The first-order chi connectivity index (χ1) is 6.74. The van der Waals surface area contributed by atoms with Crippen LogP contribution in [-0.2, 0) is 4.74 Å². The average Bonchev–Trinajstić information content (AvgIpc) is 2.69. The van der Waals surface area contributed by atoms with Gasteiger partial charge in [0, 0.05) is 13.6 Å². The summed E-state index contributed by atoms with van der Waals surface area (Å²) in [7, 11) is 1.75. The quantitative estimate of drug-likeness (QED) is 0.738. The Hall–Kier alpha value is -0.770. The summed E-state index contributed by atoms with van der Waals surface area (Å²) < 4.78 is 5.12. The molecule has 14 heavy (non-hydrogen) atoms. The molecule has 1 heterocycles. The van der Waals surface area contributed by atoms with E-state index in [-0.39, 0.29) is 6.09 Å². The first-order valence-corrected chi connectivity index (χ1v) is 5.32. The number of rotatable bonds is 4. The van der Waals surface area contributed by atoms with Gasteiger partial charge in [-0.1, -0.05) is 0 Å². The van der Waals surface area contributed by atoms with Crippen molar-refractivity contribution in [3.8, 4) is 0 Å². The second-order valence-electron chi connectivity index (χ2n) is 3.78. The minimum atomic E-state index is -0.210. The van der Waals surface area contributed by atoms with Gasteiger partial charge in [-0.2, -0.15) is 0 Å². The molecule has 4 nitrogen and oxygen atoms in total. The van der Waals surface area contributed by atoms with E-state index in [4.69, 9.17) is 4.74 Å². The van der Waals surface area contributed by atoms with Gasteiger partial charge >= 0.3 is 6.09 Å². The lowest BCUT2D eigenvalue weighted by molar-refractivity contribution is 0.107. The number of carbonyl (C=O) groups is 1. The maximum absolute atomic E-state index is 11.2. The molecule has 1 aliphatic heterocycles. The van der Waals surface area contributed by atoms with Gasteiger partial charge in [-0.3, -0.25) is 0 Å². The van der Waals surface area contributed by atoms with Gasteiger partial charge < -0.3 is 15.0 Å². The summed E-state index contributed by atoms with van der Waals surface area (Å²) in [5, 5.41) is 3.29. The fourth-order valence-electron chi connectivity index (χ4n) is 1.51. The molecule has 0 saturated carbocycles. The highest BCUT2D eigenvalue weighted by atomic mass is 16.6. The van der Waals surface area contributed by atoms with Crippen LogP contribution in [0.3, 0.4) is 0 Å². The van der Waals surface area contributed by atoms with E-state index in [0.29, 0.717) is 19.1 Å². The third-order valence-corrected chi connectivity index (χ3v) is 2.70. The molecule has 82 valence electrons. The zero-order valence-electron chi connectivity index (χ0n) is 9.08. The Morgan fingerprint density at radius 1 is 1.64 bits per heavy atom. The van der Waals surface area contributed by atoms with E-state index in [1.807, 2.05) is 6.92 Å². The van der Waals surface area contributed by atoms with E-state index in [9.17, 15) is 4.79 Å². The van der Waals surface area contributed by atoms with Crippen LogP contribution in [0.25, 0.3) is 0 Å². The smallest absolute Gasteiger partial charge is 0.409 e. The second kappa shape index (κ2) is 5.86. The molecule has 1 fully saturated rings. The van der Waals surface area contributed by atoms with E-state index in [2.05, 4.69) is 5.32 Å². The van der Waals surface area contributed by atoms with Crippen molar-refractivity contribution in [2.75, 3.05) is 33.3 Å². The average molecular weight is 200 g/mol. The first kappa shape index (κ1) is 11.3. The zero-order valence-corrected chi connectivity index (χ0v) is 9.08. The maximum Gasteiger partial charge on any atom is 0.409 e. The lowest BCUT2D eigenvalue weighted by Crippen LogP contribution is -2.27. The molecule has 0 spiro atoms. The molecule has 1 N–H and O–H groups in total. The Balaban J connectivity index is 2.05. The van der Waals surface area contributed by atoms with Gasteiger partial charge in [-0.05, 0) is 38.8 Å². The molecule has 0 aliphatic carbocycles. The summed E-state index contributed by atoms with van der Waals surface area (Å²) >= 11 is 0. The van der Waals surface area contributed by atoms with E-state index in [1.54, 1.807) is 11.9 Å². The third-order valence-electron chi connectivity index (χ3n) is 2.70. The lowest BCUT2D eigenvalue weighted by Gasteiger charge is -2.15. The molecule has 1 saturated heterocycles. The predicted octanol–water partition coefficient (Wildman–Crippen LogP) is 1.07. The fourth-order valence-corrected chi connectivity index (χ4v) is 1.51. The number of amides is 1. The normalized spacial score (nSPS) is 20.9. The third kappa shape index (κ3) is 3.54. The van der Waals surface area contributed by atoms with E-state index < -0.39 is 0 Å². The molecule has 1 aliphatic rings. The van der Waals surface area contributed by atoms with Gasteiger partial charge in [0.05, 0.1) is 6.61 Å². The summed E-state index contributed by atoms with van der Waals surface area (Å²) in [6.07, 6.45) is 1.98. The molecule has 0 aromatic heterocycles. The molecule has 0 bridgehead atoms. The summed E-state index contributed by atoms with van der Waals surface area (Å²) in [6.45, 7) is 5.36. The molecule has 4 heteroatoms. The van der Waals surface area contributed by atoms with Gasteiger partial charge in [-0.25, -0.2) is 4.79 Å². The summed E-state index contributed by atoms with van der Waals surface area (Å²) in [5.41, 5.74) is 0. The van der Waals surface area contributed by atoms with Crippen LogP contribution in [0.5, 0.6) is 0 Å². The number of hydrogen-bond acceptors (Lipinski definition) is 3. The topological polar surface area (TPSA) is 41.6 Å². The monoisotopic (exact) mass is 200 g/mol. The summed E-state index contributed by atoms with van der Waals surface area (Å²) in [6, 6.07) is 0. The van der Waals surface area contributed by atoms with E-state index >= 15 is 0 Å². The second-order valence-corrected chi connectivity index (χ2v) is 3.78.